The van der Waals surface area contributed by atoms with E-state index in [1.165, 1.54) is 12.1 Å². The van der Waals surface area contributed by atoms with Crippen molar-refractivity contribution in [1.82, 2.24) is 0 Å². The molecular formula is C15H23F3OSi. The summed E-state index contributed by atoms with van der Waals surface area (Å²) in [6.45, 7) is 10.1. The van der Waals surface area contributed by atoms with E-state index in [9.17, 15) is 13.2 Å². The number of hydrogen-bond donors (Lipinski definition) is 0. The Labute approximate surface area is 120 Å². The summed E-state index contributed by atoms with van der Waals surface area (Å²) in [6.07, 6.45) is -4.48. The Bertz CT molecular complexity index is 427. The average molecular weight is 304 g/mol. The van der Waals surface area contributed by atoms with Gasteiger partial charge in [-0.05, 0) is 25.2 Å². The van der Waals surface area contributed by atoms with Crippen LogP contribution in [-0.4, -0.2) is 14.5 Å². The molecular weight excluding hydrogens is 281 g/mol. The number of benzene rings is 1. The van der Waals surface area contributed by atoms with E-state index in [0.29, 0.717) is 0 Å². The molecule has 0 amide bonds. The lowest BCUT2D eigenvalue weighted by Gasteiger charge is -2.49. The Kier molecular flexibility index (Phi) is 4.47. The predicted octanol–water partition coefficient (Wildman–Crippen LogP) is 5.34. The maximum absolute atomic E-state index is 14.0. The molecule has 20 heavy (non-hydrogen) atoms. The molecule has 0 N–H and O–H groups in total. The first-order valence-electron chi connectivity index (χ1n) is 6.64. The van der Waals surface area contributed by atoms with Crippen LogP contribution in [0.2, 0.25) is 19.6 Å². The van der Waals surface area contributed by atoms with Crippen LogP contribution in [0.3, 0.4) is 0 Å². The summed E-state index contributed by atoms with van der Waals surface area (Å²) in [5.41, 5.74) is -3.22. The molecule has 1 rings (SSSR count). The molecule has 0 fully saturated rings. The number of rotatable bonds is 3. The second kappa shape index (κ2) is 5.19. The van der Waals surface area contributed by atoms with Crippen molar-refractivity contribution in [2.24, 2.45) is 5.41 Å². The van der Waals surface area contributed by atoms with Crippen molar-refractivity contribution in [2.75, 3.05) is 0 Å². The Morgan fingerprint density at radius 2 is 1.35 bits per heavy atom. The van der Waals surface area contributed by atoms with Crippen LogP contribution in [0.25, 0.3) is 0 Å². The van der Waals surface area contributed by atoms with Crippen molar-refractivity contribution >= 4 is 8.32 Å². The molecule has 0 saturated heterocycles. The van der Waals surface area contributed by atoms with Crippen molar-refractivity contribution in [1.29, 1.82) is 0 Å². The van der Waals surface area contributed by atoms with E-state index < -0.39 is 25.5 Å². The Balaban J connectivity index is 3.61. The molecule has 1 aromatic carbocycles. The fourth-order valence-corrected chi connectivity index (χ4v) is 3.88. The zero-order chi connectivity index (χ0) is 15.8. The van der Waals surface area contributed by atoms with E-state index in [1.807, 2.05) is 0 Å². The molecule has 0 radical (unpaired) electrons. The molecule has 0 aliphatic rings. The molecule has 0 aliphatic heterocycles. The largest absolute Gasteiger partial charge is 0.421 e. The zero-order valence-electron chi connectivity index (χ0n) is 12.9. The topological polar surface area (TPSA) is 9.23 Å². The highest BCUT2D eigenvalue weighted by molar-refractivity contribution is 6.69. The predicted molar refractivity (Wildman–Crippen MR) is 78.1 cm³/mol. The molecule has 1 nitrogen and oxygen atoms in total. The standard InChI is InChI=1S/C15H23F3OSi/c1-13(2,3)14(15(16,17)18,19-20(4,5)6)12-10-8-7-9-11-12/h7-11H,1-6H3. The lowest BCUT2D eigenvalue weighted by atomic mass is 9.71. The van der Waals surface area contributed by atoms with Crippen LogP contribution in [0.4, 0.5) is 13.2 Å². The summed E-state index contributed by atoms with van der Waals surface area (Å²) < 4.78 is 47.7. The first-order valence-corrected chi connectivity index (χ1v) is 10.0. The first kappa shape index (κ1) is 17.2. The summed E-state index contributed by atoms with van der Waals surface area (Å²) in [4.78, 5) is 0. The fourth-order valence-electron chi connectivity index (χ4n) is 2.42. The Morgan fingerprint density at radius 3 is 1.65 bits per heavy atom. The summed E-state index contributed by atoms with van der Waals surface area (Å²) in [7, 11) is -2.42. The third-order valence-electron chi connectivity index (χ3n) is 3.09. The van der Waals surface area contributed by atoms with Gasteiger partial charge in [-0.1, -0.05) is 51.1 Å². The van der Waals surface area contributed by atoms with Gasteiger partial charge in [0.25, 0.3) is 0 Å². The van der Waals surface area contributed by atoms with Gasteiger partial charge in [0.05, 0.1) is 0 Å². The molecule has 0 saturated carbocycles. The van der Waals surface area contributed by atoms with Crippen molar-refractivity contribution in [2.45, 2.75) is 52.2 Å². The van der Waals surface area contributed by atoms with Gasteiger partial charge in [-0.2, -0.15) is 13.2 Å². The van der Waals surface area contributed by atoms with Crippen LogP contribution in [0.1, 0.15) is 26.3 Å². The molecule has 1 aromatic rings. The minimum absolute atomic E-state index is 0.169. The van der Waals surface area contributed by atoms with E-state index in [4.69, 9.17) is 4.43 Å². The number of halogens is 3. The highest BCUT2D eigenvalue weighted by Gasteiger charge is 2.64. The summed E-state index contributed by atoms with van der Waals surface area (Å²) in [5, 5.41) is 0. The summed E-state index contributed by atoms with van der Waals surface area (Å²) >= 11 is 0. The van der Waals surface area contributed by atoms with Crippen molar-refractivity contribution < 1.29 is 17.6 Å². The highest BCUT2D eigenvalue weighted by atomic mass is 28.4. The lowest BCUT2D eigenvalue weighted by molar-refractivity contribution is -0.293. The van der Waals surface area contributed by atoms with Crippen molar-refractivity contribution in [3.05, 3.63) is 35.9 Å². The zero-order valence-corrected chi connectivity index (χ0v) is 13.9. The van der Waals surface area contributed by atoms with Gasteiger partial charge in [-0.25, -0.2) is 0 Å². The van der Waals surface area contributed by atoms with Gasteiger partial charge in [-0.15, -0.1) is 0 Å². The SMILES string of the molecule is CC(C)(C)C(O[Si](C)(C)C)(c1ccccc1)C(F)(F)F. The quantitative estimate of drug-likeness (QED) is 0.685. The molecule has 0 aromatic heterocycles. The average Bonchev–Trinajstić information content (AvgIpc) is 2.22. The van der Waals surface area contributed by atoms with Gasteiger partial charge >= 0.3 is 6.18 Å². The lowest BCUT2D eigenvalue weighted by Crippen LogP contribution is -2.58. The number of alkyl halides is 3. The number of hydrogen-bond acceptors (Lipinski definition) is 1. The third-order valence-corrected chi connectivity index (χ3v) is 4.01. The molecule has 0 heterocycles. The van der Waals surface area contributed by atoms with E-state index in [-0.39, 0.29) is 5.56 Å². The molecule has 0 bridgehead atoms. The Morgan fingerprint density at radius 1 is 0.900 bits per heavy atom. The van der Waals surface area contributed by atoms with E-state index in [2.05, 4.69) is 0 Å². The molecule has 5 heteroatoms. The van der Waals surface area contributed by atoms with Crippen LogP contribution in [-0.2, 0) is 10.0 Å². The van der Waals surface area contributed by atoms with Crippen LogP contribution in [0, 0.1) is 5.41 Å². The third kappa shape index (κ3) is 3.26. The van der Waals surface area contributed by atoms with Crippen LogP contribution < -0.4 is 0 Å². The monoisotopic (exact) mass is 304 g/mol. The van der Waals surface area contributed by atoms with Gasteiger partial charge in [0.2, 0.25) is 0 Å². The van der Waals surface area contributed by atoms with Crippen molar-refractivity contribution in [3.8, 4) is 0 Å². The van der Waals surface area contributed by atoms with Crippen LogP contribution in [0.15, 0.2) is 30.3 Å². The van der Waals surface area contributed by atoms with Gasteiger partial charge in [-0.3, -0.25) is 0 Å². The minimum Gasteiger partial charge on any atom is -0.400 e. The van der Waals surface area contributed by atoms with Crippen LogP contribution >= 0.6 is 0 Å². The molecule has 0 spiro atoms. The fraction of sp³-hybridized carbons (Fsp3) is 0.600. The second-order valence-corrected chi connectivity index (χ2v) is 11.4. The maximum Gasteiger partial charge on any atom is 0.421 e. The van der Waals surface area contributed by atoms with Gasteiger partial charge in [0, 0.05) is 5.41 Å². The summed E-state index contributed by atoms with van der Waals surface area (Å²) in [6, 6.07) is 7.95. The van der Waals surface area contributed by atoms with Crippen LogP contribution in [0.5, 0.6) is 0 Å². The van der Waals surface area contributed by atoms with Gasteiger partial charge < -0.3 is 4.43 Å². The molecule has 0 aliphatic carbocycles. The molecule has 114 valence electrons. The molecule has 1 atom stereocenters. The first-order chi connectivity index (χ1) is 8.81. The van der Waals surface area contributed by atoms with Gasteiger partial charge in [0.15, 0.2) is 13.9 Å². The minimum atomic E-state index is -4.48. The van der Waals surface area contributed by atoms with E-state index in [1.54, 1.807) is 58.6 Å². The smallest absolute Gasteiger partial charge is 0.400 e. The maximum atomic E-state index is 14.0. The normalized spacial score (nSPS) is 16.9. The second-order valence-electron chi connectivity index (χ2n) is 7.01. The van der Waals surface area contributed by atoms with E-state index in [0.717, 1.165) is 0 Å². The van der Waals surface area contributed by atoms with E-state index >= 15 is 0 Å². The highest BCUT2D eigenvalue weighted by Crippen LogP contribution is 2.54. The Hall–Kier alpha value is -0.813. The summed E-state index contributed by atoms with van der Waals surface area (Å²) in [5.74, 6) is 0. The van der Waals surface area contributed by atoms with Crippen molar-refractivity contribution in [3.63, 3.8) is 0 Å². The molecule has 1 unspecified atom stereocenters. The van der Waals surface area contributed by atoms with Gasteiger partial charge in [0.1, 0.15) is 0 Å².